The lowest BCUT2D eigenvalue weighted by atomic mass is 9.98. The number of aromatic nitrogens is 2. The molecule has 1 aromatic heterocycles. The van der Waals surface area contributed by atoms with Gasteiger partial charge in [0.15, 0.2) is 0 Å². The van der Waals surface area contributed by atoms with E-state index >= 15 is 0 Å². The molecule has 3 heterocycles. The molecule has 4 rings (SSSR count). The Morgan fingerprint density at radius 2 is 1.96 bits per heavy atom. The van der Waals surface area contributed by atoms with Crippen LogP contribution < -0.4 is 10.2 Å². The number of amides is 1. The molecule has 1 aromatic rings. The number of carbonyl (C=O) groups is 1. The van der Waals surface area contributed by atoms with Crippen molar-refractivity contribution in [3.05, 3.63) is 18.0 Å². The van der Waals surface area contributed by atoms with E-state index < -0.39 is 0 Å². The molecule has 0 unspecified atom stereocenters. The molecule has 3 aliphatic rings. The van der Waals surface area contributed by atoms with Crippen LogP contribution in [0.25, 0.3) is 0 Å². The topological polar surface area (TPSA) is 70.6 Å². The summed E-state index contributed by atoms with van der Waals surface area (Å²) in [6, 6.07) is 0.231. The number of methoxy groups -OCH3 is 1. The molecule has 3 fully saturated rings. The van der Waals surface area contributed by atoms with Gasteiger partial charge in [-0.05, 0) is 37.5 Å². The minimum Gasteiger partial charge on any atom is -0.375 e. The SMILES string of the molecule is COCC(=O)N[C@H]1CN(Cc2cnc(N3CCCC3)nc2)C[C@@H]1C1CC1. The van der Waals surface area contributed by atoms with E-state index in [4.69, 9.17) is 4.74 Å². The van der Waals surface area contributed by atoms with Crippen molar-refractivity contribution in [2.45, 2.75) is 38.3 Å². The zero-order valence-corrected chi connectivity index (χ0v) is 15.6. The maximum atomic E-state index is 11.9. The lowest BCUT2D eigenvalue weighted by Crippen LogP contribution is -2.42. The van der Waals surface area contributed by atoms with Crippen LogP contribution in [-0.2, 0) is 16.1 Å². The largest absolute Gasteiger partial charge is 0.375 e. The van der Waals surface area contributed by atoms with Crippen molar-refractivity contribution < 1.29 is 9.53 Å². The first-order chi connectivity index (χ1) is 12.7. The average Bonchev–Trinajstić information content (AvgIpc) is 3.18. The van der Waals surface area contributed by atoms with E-state index in [9.17, 15) is 4.79 Å². The van der Waals surface area contributed by atoms with Gasteiger partial charge in [-0.25, -0.2) is 9.97 Å². The van der Waals surface area contributed by atoms with Crippen molar-refractivity contribution in [3.63, 3.8) is 0 Å². The lowest BCUT2D eigenvalue weighted by molar-refractivity contribution is -0.125. The number of nitrogens with zero attached hydrogens (tertiary/aromatic N) is 4. The molecule has 0 bridgehead atoms. The van der Waals surface area contributed by atoms with Crippen LogP contribution in [0.4, 0.5) is 5.95 Å². The number of nitrogens with one attached hydrogen (secondary N) is 1. The number of hydrogen-bond acceptors (Lipinski definition) is 6. The first kappa shape index (κ1) is 17.7. The summed E-state index contributed by atoms with van der Waals surface area (Å²) in [5.74, 6) is 2.17. The van der Waals surface area contributed by atoms with Gasteiger partial charge in [0.25, 0.3) is 0 Å². The van der Waals surface area contributed by atoms with Crippen molar-refractivity contribution in [1.29, 1.82) is 0 Å². The molecule has 2 atom stereocenters. The number of rotatable bonds is 7. The predicted octanol–water partition coefficient (Wildman–Crippen LogP) is 1.05. The third kappa shape index (κ3) is 4.15. The second-order valence-electron chi connectivity index (χ2n) is 7.89. The summed E-state index contributed by atoms with van der Waals surface area (Å²) in [5.41, 5.74) is 1.14. The first-order valence-electron chi connectivity index (χ1n) is 9.79. The van der Waals surface area contributed by atoms with E-state index in [-0.39, 0.29) is 18.6 Å². The Bertz CT molecular complexity index is 613. The second-order valence-corrected chi connectivity index (χ2v) is 7.89. The van der Waals surface area contributed by atoms with Crippen LogP contribution >= 0.6 is 0 Å². The fourth-order valence-corrected chi connectivity index (χ4v) is 4.35. The van der Waals surface area contributed by atoms with Gasteiger partial charge in [0.05, 0.1) is 0 Å². The highest BCUT2D eigenvalue weighted by Gasteiger charge is 2.42. The van der Waals surface area contributed by atoms with E-state index in [0.717, 1.165) is 50.2 Å². The maximum absolute atomic E-state index is 11.9. The van der Waals surface area contributed by atoms with Crippen LogP contribution in [0.1, 0.15) is 31.2 Å². The maximum Gasteiger partial charge on any atom is 0.246 e. The third-order valence-corrected chi connectivity index (χ3v) is 5.78. The standard InChI is InChI=1S/C19H29N5O2/c1-26-13-18(25)22-17-12-23(11-16(17)15-4-5-15)10-14-8-20-19(21-9-14)24-6-2-3-7-24/h8-9,15-17H,2-7,10-13H2,1H3,(H,22,25)/t16-,17+/m1/s1. The van der Waals surface area contributed by atoms with Crippen molar-refractivity contribution in [3.8, 4) is 0 Å². The molecule has 142 valence electrons. The Hall–Kier alpha value is -1.73. The lowest BCUT2D eigenvalue weighted by Gasteiger charge is -2.19. The van der Waals surface area contributed by atoms with Gasteiger partial charge >= 0.3 is 0 Å². The Morgan fingerprint density at radius 3 is 2.62 bits per heavy atom. The molecule has 1 amide bonds. The van der Waals surface area contributed by atoms with Gasteiger partial charge in [0.2, 0.25) is 11.9 Å². The molecule has 26 heavy (non-hydrogen) atoms. The quantitative estimate of drug-likeness (QED) is 0.785. The van der Waals surface area contributed by atoms with Crippen LogP contribution in [0, 0.1) is 11.8 Å². The van der Waals surface area contributed by atoms with Gasteiger partial charge in [-0.2, -0.15) is 0 Å². The molecule has 2 aliphatic heterocycles. The van der Waals surface area contributed by atoms with E-state index in [2.05, 4.69) is 25.1 Å². The van der Waals surface area contributed by atoms with Gasteiger partial charge in [-0.3, -0.25) is 9.69 Å². The number of likely N-dealkylation sites (tertiary alicyclic amines) is 1. The highest BCUT2D eigenvalue weighted by Crippen LogP contribution is 2.41. The predicted molar refractivity (Wildman–Crippen MR) is 98.8 cm³/mol. The number of carbonyl (C=O) groups excluding carboxylic acids is 1. The number of hydrogen-bond donors (Lipinski definition) is 1. The Morgan fingerprint density at radius 1 is 1.23 bits per heavy atom. The summed E-state index contributed by atoms with van der Waals surface area (Å²) < 4.78 is 4.95. The highest BCUT2D eigenvalue weighted by molar-refractivity contribution is 5.77. The molecule has 1 N–H and O–H groups in total. The molecule has 0 spiro atoms. The molecule has 1 saturated carbocycles. The minimum absolute atomic E-state index is 0.0108. The summed E-state index contributed by atoms with van der Waals surface area (Å²) in [6.45, 7) is 5.05. The smallest absolute Gasteiger partial charge is 0.246 e. The van der Waals surface area contributed by atoms with Crippen LogP contribution in [0.2, 0.25) is 0 Å². The Labute approximate surface area is 155 Å². The number of ether oxygens (including phenoxy) is 1. The monoisotopic (exact) mass is 359 g/mol. The summed E-state index contributed by atoms with van der Waals surface area (Å²) >= 11 is 0. The first-order valence-corrected chi connectivity index (χ1v) is 9.79. The van der Waals surface area contributed by atoms with Gasteiger partial charge in [0.1, 0.15) is 6.61 Å². The molecule has 2 saturated heterocycles. The van der Waals surface area contributed by atoms with Gasteiger partial charge in [-0.1, -0.05) is 0 Å². The van der Waals surface area contributed by atoms with Gasteiger partial charge in [0, 0.05) is 63.8 Å². The van der Waals surface area contributed by atoms with Crippen LogP contribution in [0.5, 0.6) is 0 Å². The molecule has 7 nitrogen and oxygen atoms in total. The van der Waals surface area contributed by atoms with E-state index in [1.54, 1.807) is 7.11 Å². The molecule has 0 radical (unpaired) electrons. The van der Waals surface area contributed by atoms with Gasteiger partial charge < -0.3 is 15.0 Å². The second kappa shape index (κ2) is 7.88. The fraction of sp³-hybridized carbons (Fsp3) is 0.737. The van der Waals surface area contributed by atoms with Crippen LogP contribution in [-0.4, -0.2) is 66.7 Å². The van der Waals surface area contributed by atoms with Crippen molar-refractivity contribution >= 4 is 11.9 Å². The normalized spacial score (nSPS) is 26.4. The fourth-order valence-electron chi connectivity index (χ4n) is 4.35. The number of anilines is 1. The molecule has 0 aromatic carbocycles. The summed E-state index contributed by atoms with van der Waals surface area (Å²) in [5, 5.41) is 3.17. The van der Waals surface area contributed by atoms with Gasteiger partial charge in [-0.15, -0.1) is 0 Å². The Balaban J connectivity index is 1.34. The average molecular weight is 359 g/mol. The molecular weight excluding hydrogens is 330 g/mol. The third-order valence-electron chi connectivity index (χ3n) is 5.78. The highest BCUT2D eigenvalue weighted by atomic mass is 16.5. The minimum atomic E-state index is -0.0108. The van der Waals surface area contributed by atoms with E-state index in [1.165, 1.54) is 25.7 Å². The van der Waals surface area contributed by atoms with E-state index in [1.807, 2.05) is 12.4 Å². The van der Waals surface area contributed by atoms with Crippen LogP contribution in [0.3, 0.4) is 0 Å². The van der Waals surface area contributed by atoms with Crippen molar-refractivity contribution in [2.75, 3.05) is 44.8 Å². The Kier molecular flexibility index (Phi) is 5.36. The zero-order valence-electron chi connectivity index (χ0n) is 15.6. The summed E-state index contributed by atoms with van der Waals surface area (Å²) in [4.78, 5) is 25.7. The summed E-state index contributed by atoms with van der Waals surface area (Å²) in [6.07, 6.45) is 8.98. The van der Waals surface area contributed by atoms with Crippen molar-refractivity contribution in [2.24, 2.45) is 11.8 Å². The molecular formula is C19H29N5O2. The molecule has 1 aliphatic carbocycles. The van der Waals surface area contributed by atoms with Crippen LogP contribution in [0.15, 0.2) is 12.4 Å². The van der Waals surface area contributed by atoms with Crippen molar-refractivity contribution in [1.82, 2.24) is 20.2 Å². The summed E-state index contributed by atoms with van der Waals surface area (Å²) in [7, 11) is 1.56. The zero-order chi connectivity index (χ0) is 17.9. The molecule has 7 heteroatoms. The van der Waals surface area contributed by atoms with E-state index in [0.29, 0.717) is 5.92 Å².